The van der Waals surface area contributed by atoms with E-state index >= 15 is 0 Å². The van der Waals surface area contributed by atoms with Crippen LogP contribution in [0.4, 0.5) is 5.69 Å². The van der Waals surface area contributed by atoms with Crippen molar-refractivity contribution < 1.29 is 0 Å². The fraction of sp³-hybridized carbons (Fsp3) is 0.500. The summed E-state index contributed by atoms with van der Waals surface area (Å²) in [6, 6.07) is 0. The summed E-state index contributed by atoms with van der Waals surface area (Å²) in [5, 5.41) is 12.0. The molecule has 2 heterocycles. The van der Waals surface area contributed by atoms with Gasteiger partial charge in [0.15, 0.2) is 0 Å². The van der Waals surface area contributed by atoms with Crippen molar-refractivity contribution in [2.75, 3.05) is 5.32 Å². The number of aromatic nitrogens is 4. The van der Waals surface area contributed by atoms with Gasteiger partial charge in [0.05, 0.1) is 17.6 Å². The third-order valence-electron chi connectivity index (χ3n) is 2.64. The second kappa shape index (κ2) is 5.03. The minimum absolute atomic E-state index is 0.788. The maximum atomic E-state index is 4.30. The molecule has 92 valence electrons. The number of aryl methyl sites for hydroxylation is 3. The highest BCUT2D eigenvalue weighted by Gasteiger charge is 2.03. The molecule has 0 fully saturated rings. The van der Waals surface area contributed by atoms with Gasteiger partial charge in [-0.15, -0.1) is 0 Å². The van der Waals surface area contributed by atoms with Crippen LogP contribution < -0.4 is 5.32 Å². The summed E-state index contributed by atoms with van der Waals surface area (Å²) in [5.74, 6) is 0. The van der Waals surface area contributed by atoms with E-state index in [-0.39, 0.29) is 0 Å². The lowest BCUT2D eigenvalue weighted by atomic mass is 10.3. The molecular formula is C12H19N5. The molecule has 0 aliphatic rings. The largest absolute Gasteiger partial charge is 0.378 e. The van der Waals surface area contributed by atoms with Crippen LogP contribution in [0.3, 0.4) is 0 Å². The second-order valence-electron chi connectivity index (χ2n) is 4.27. The van der Waals surface area contributed by atoms with Crippen LogP contribution in [0.2, 0.25) is 0 Å². The van der Waals surface area contributed by atoms with Gasteiger partial charge in [0, 0.05) is 38.1 Å². The molecule has 5 heteroatoms. The number of anilines is 1. The van der Waals surface area contributed by atoms with E-state index in [0.717, 1.165) is 30.9 Å². The van der Waals surface area contributed by atoms with Crippen LogP contribution in [0, 0.1) is 6.92 Å². The Morgan fingerprint density at radius 1 is 1.35 bits per heavy atom. The molecule has 0 atom stereocenters. The van der Waals surface area contributed by atoms with Crippen LogP contribution in [-0.2, 0) is 20.1 Å². The van der Waals surface area contributed by atoms with E-state index in [4.69, 9.17) is 0 Å². The lowest BCUT2D eigenvalue weighted by Gasteiger charge is -2.01. The molecule has 5 nitrogen and oxygen atoms in total. The highest BCUT2D eigenvalue weighted by atomic mass is 15.3. The number of nitrogens with zero attached hydrogens (tertiary/aromatic N) is 4. The third-order valence-corrected chi connectivity index (χ3v) is 2.64. The molecule has 1 N–H and O–H groups in total. The number of hydrogen-bond acceptors (Lipinski definition) is 3. The van der Waals surface area contributed by atoms with E-state index in [1.54, 1.807) is 0 Å². The van der Waals surface area contributed by atoms with Crippen molar-refractivity contribution >= 4 is 5.69 Å². The number of rotatable bonds is 5. The van der Waals surface area contributed by atoms with Crippen molar-refractivity contribution in [3.63, 3.8) is 0 Å². The van der Waals surface area contributed by atoms with Crippen LogP contribution in [0.1, 0.15) is 24.6 Å². The van der Waals surface area contributed by atoms with Gasteiger partial charge in [0.1, 0.15) is 0 Å². The van der Waals surface area contributed by atoms with Crippen molar-refractivity contribution in [2.45, 2.75) is 33.4 Å². The number of hydrogen-bond donors (Lipinski definition) is 1. The van der Waals surface area contributed by atoms with E-state index in [1.807, 2.05) is 35.7 Å². The summed E-state index contributed by atoms with van der Waals surface area (Å²) < 4.78 is 3.80. The molecular weight excluding hydrogens is 214 g/mol. The zero-order chi connectivity index (χ0) is 12.3. The lowest BCUT2D eigenvalue weighted by Crippen LogP contribution is -1.99. The smallest absolute Gasteiger partial charge is 0.0825 e. The Kier molecular flexibility index (Phi) is 3.46. The van der Waals surface area contributed by atoms with Gasteiger partial charge in [0.2, 0.25) is 0 Å². The minimum atomic E-state index is 0.788. The molecule has 0 spiro atoms. The van der Waals surface area contributed by atoms with Gasteiger partial charge in [-0.2, -0.15) is 10.2 Å². The monoisotopic (exact) mass is 233 g/mol. The van der Waals surface area contributed by atoms with Gasteiger partial charge in [-0.05, 0) is 13.3 Å². The molecule has 0 aliphatic carbocycles. The van der Waals surface area contributed by atoms with Gasteiger partial charge >= 0.3 is 0 Å². The summed E-state index contributed by atoms with van der Waals surface area (Å²) in [6.07, 6.45) is 7.10. The molecule has 0 aliphatic heterocycles. The van der Waals surface area contributed by atoms with E-state index in [1.165, 1.54) is 5.56 Å². The van der Waals surface area contributed by atoms with E-state index < -0.39 is 0 Å². The van der Waals surface area contributed by atoms with Crippen molar-refractivity contribution in [3.05, 3.63) is 29.8 Å². The SMILES string of the molecule is CCCn1cc(CNc2cn(C)nc2C)cn1. The van der Waals surface area contributed by atoms with Gasteiger partial charge in [-0.25, -0.2) is 0 Å². The van der Waals surface area contributed by atoms with Crippen molar-refractivity contribution in [2.24, 2.45) is 7.05 Å². The van der Waals surface area contributed by atoms with Crippen LogP contribution >= 0.6 is 0 Å². The summed E-state index contributed by atoms with van der Waals surface area (Å²) in [5.41, 5.74) is 3.30. The molecule has 0 bridgehead atoms. The summed E-state index contributed by atoms with van der Waals surface area (Å²) >= 11 is 0. The Morgan fingerprint density at radius 3 is 2.82 bits per heavy atom. The summed E-state index contributed by atoms with van der Waals surface area (Å²) in [6.45, 7) is 5.92. The predicted molar refractivity (Wildman–Crippen MR) is 67.8 cm³/mol. The Balaban J connectivity index is 1.95. The van der Waals surface area contributed by atoms with Gasteiger partial charge in [-0.1, -0.05) is 6.92 Å². The average Bonchev–Trinajstić information content (AvgIpc) is 2.83. The van der Waals surface area contributed by atoms with E-state index in [2.05, 4.69) is 28.6 Å². The molecule has 2 aromatic rings. The summed E-state index contributed by atoms with van der Waals surface area (Å²) in [7, 11) is 1.93. The van der Waals surface area contributed by atoms with Crippen molar-refractivity contribution in [1.29, 1.82) is 0 Å². The Hall–Kier alpha value is -1.78. The van der Waals surface area contributed by atoms with Crippen molar-refractivity contribution in [1.82, 2.24) is 19.6 Å². The highest BCUT2D eigenvalue weighted by molar-refractivity contribution is 5.45. The average molecular weight is 233 g/mol. The number of nitrogens with one attached hydrogen (secondary N) is 1. The maximum Gasteiger partial charge on any atom is 0.0825 e. The molecule has 0 unspecified atom stereocenters. The normalized spacial score (nSPS) is 10.8. The fourth-order valence-corrected chi connectivity index (χ4v) is 1.82. The molecule has 0 saturated carbocycles. The predicted octanol–water partition coefficient (Wildman–Crippen LogP) is 1.95. The second-order valence-corrected chi connectivity index (χ2v) is 4.27. The topological polar surface area (TPSA) is 47.7 Å². The van der Waals surface area contributed by atoms with Gasteiger partial charge in [-0.3, -0.25) is 9.36 Å². The molecule has 0 radical (unpaired) electrons. The Morgan fingerprint density at radius 2 is 2.18 bits per heavy atom. The quantitative estimate of drug-likeness (QED) is 0.858. The first-order chi connectivity index (χ1) is 8.19. The Labute approximate surface area is 101 Å². The first-order valence-electron chi connectivity index (χ1n) is 5.94. The molecule has 17 heavy (non-hydrogen) atoms. The highest BCUT2D eigenvalue weighted by Crippen LogP contribution is 2.12. The lowest BCUT2D eigenvalue weighted by molar-refractivity contribution is 0.602. The van der Waals surface area contributed by atoms with E-state index in [0.29, 0.717) is 0 Å². The van der Waals surface area contributed by atoms with Gasteiger partial charge < -0.3 is 5.32 Å². The minimum Gasteiger partial charge on any atom is -0.378 e. The first kappa shape index (κ1) is 11.7. The maximum absolute atomic E-state index is 4.30. The first-order valence-corrected chi connectivity index (χ1v) is 5.94. The van der Waals surface area contributed by atoms with E-state index in [9.17, 15) is 0 Å². The zero-order valence-corrected chi connectivity index (χ0v) is 10.6. The fourth-order valence-electron chi connectivity index (χ4n) is 1.82. The third kappa shape index (κ3) is 2.87. The zero-order valence-electron chi connectivity index (χ0n) is 10.6. The van der Waals surface area contributed by atoms with Gasteiger partial charge in [0.25, 0.3) is 0 Å². The molecule has 0 amide bonds. The van der Waals surface area contributed by atoms with Crippen LogP contribution in [-0.4, -0.2) is 19.6 Å². The molecule has 2 aromatic heterocycles. The molecule has 0 aromatic carbocycles. The van der Waals surface area contributed by atoms with Crippen LogP contribution in [0.25, 0.3) is 0 Å². The Bertz CT molecular complexity index is 483. The van der Waals surface area contributed by atoms with Crippen molar-refractivity contribution in [3.8, 4) is 0 Å². The standard InChI is InChI=1S/C12H19N5/c1-4-5-17-8-11(7-14-17)6-13-12-9-16(3)15-10(12)2/h7-9,13H,4-6H2,1-3H3. The molecule has 2 rings (SSSR count). The summed E-state index contributed by atoms with van der Waals surface area (Å²) in [4.78, 5) is 0. The van der Waals surface area contributed by atoms with Crippen LogP contribution in [0.15, 0.2) is 18.6 Å². The van der Waals surface area contributed by atoms with Crippen LogP contribution in [0.5, 0.6) is 0 Å². The molecule has 0 saturated heterocycles.